The predicted octanol–water partition coefficient (Wildman–Crippen LogP) is 2.13. The van der Waals surface area contributed by atoms with Crippen molar-refractivity contribution < 1.29 is 18.7 Å². The average molecular weight is 293 g/mol. The Balaban J connectivity index is 0.00000324. The van der Waals surface area contributed by atoms with Gasteiger partial charge in [-0.05, 0) is 32.0 Å². The number of carbonyl (C=O) groups excluding carboxylic acids is 1. The highest BCUT2D eigenvalue weighted by molar-refractivity contribution is 5.85. The van der Waals surface area contributed by atoms with Crippen LogP contribution in [0.25, 0.3) is 0 Å². The van der Waals surface area contributed by atoms with Gasteiger partial charge in [0.2, 0.25) is 0 Å². The first-order valence-electron chi connectivity index (χ1n) is 5.54. The second-order valence-corrected chi connectivity index (χ2v) is 4.03. The third-order valence-corrected chi connectivity index (χ3v) is 2.25. The summed E-state index contributed by atoms with van der Waals surface area (Å²) in [7, 11) is 0. The molecule has 7 heteroatoms. The molecule has 0 radical (unpaired) electrons. The maximum absolute atomic E-state index is 13.1. The Bertz CT molecular complexity index is 429. The van der Waals surface area contributed by atoms with Crippen LogP contribution in [0.4, 0.5) is 9.18 Å². The summed E-state index contributed by atoms with van der Waals surface area (Å²) in [6.07, 6.45) is -1.27. The van der Waals surface area contributed by atoms with Gasteiger partial charge in [-0.25, -0.2) is 9.18 Å². The van der Waals surface area contributed by atoms with Crippen molar-refractivity contribution in [2.75, 3.05) is 6.61 Å². The van der Waals surface area contributed by atoms with E-state index in [4.69, 9.17) is 16.2 Å². The molecule has 0 heterocycles. The van der Waals surface area contributed by atoms with Crippen molar-refractivity contribution in [3.63, 3.8) is 0 Å². The van der Waals surface area contributed by atoms with E-state index in [0.717, 1.165) is 0 Å². The zero-order valence-electron chi connectivity index (χ0n) is 10.8. The van der Waals surface area contributed by atoms with Gasteiger partial charge in [0.15, 0.2) is 0 Å². The number of carbonyl (C=O) groups is 1. The Morgan fingerprint density at radius 2 is 2.05 bits per heavy atom. The summed E-state index contributed by atoms with van der Waals surface area (Å²) < 4.78 is 23.2. The minimum atomic E-state index is -0.864. The van der Waals surface area contributed by atoms with Crippen molar-refractivity contribution in [1.29, 1.82) is 0 Å². The van der Waals surface area contributed by atoms with E-state index in [1.54, 1.807) is 13.8 Å². The molecular formula is C12H18ClFN2O3. The lowest BCUT2D eigenvalue weighted by Gasteiger charge is -2.18. The molecule has 1 amide bonds. The maximum Gasteiger partial charge on any atom is 0.404 e. The summed E-state index contributed by atoms with van der Waals surface area (Å²) >= 11 is 0. The zero-order chi connectivity index (χ0) is 13.7. The van der Waals surface area contributed by atoms with Crippen LogP contribution in [0, 0.1) is 5.82 Å². The molecule has 4 N–H and O–H groups in total. The Hall–Kier alpha value is -1.53. The summed E-state index contributed by atoms with van der Waals surface area (Å²) in [4.78, 5) is 10.5. The fourth-order valence-corrected chi connectivity index (χ4v) is 1.43. The van der Waals surface area contributed by atoms with Crippen molar-refractivity contribution in [2.45, 2.75) is 26.0 Å². The summed E-state index contributed by atoms with van der Waals surface area (Å²) in [6.45, 7) is 3.45. The van der Waals surface area contributed by atoms with Gasteiger partial charge in [0.05, 0.1) is 0 Å². The largest absolute Gasteiger partial charge is 0.487 e. The molecule has 0 aliphatic carbocycles. The number of amides is 1. The van der Waals surface area contributed by atoms with Crippen LogP contribution in [0.2, 0.25) is 0 Å². The quantitative estimate of drug-likeness (QED) is 0.870. The molecule has 1 aromatic rings. The van der Waals surface area contributed by atoms with E-state index < -0.39 is 12.2 Å². The third kappa shape index (κ3) is 5.76. The first kappa shape index (κ1) is 17.5. The monoisotopic (exact) mass is 292 g/mol. The fraction of sp³-hybridized carbons (Fsp3) is 0.417. The number of nitrogens with two attached hydrogens (primary N) is 2. The number of hydrogen-bond donors (Lipinski definition) is 2. The van der Waals surface area contributed by atoms with Gasteiger partial charge >= 0.3 is 6.09 Å². The molecule has 1 rings (SSSR count). The van der Waals surface area contributed by atoms with E-state index >= 15 is 0 Å². The van der Waals surface area contributed by atoms with Gasteiger partial charge in [0, 0.05) is 11.6 Å². The van der Waals surface area contributed by atoms with Crippen LogP contribution in [0.1, 0.15) is 25.5 Å². The van der Waals surface area contributed by atoms with Crippen molar-refractivity contribution in [3.05, 3.63) is 29.6 Å². The highest BCUT2D eigenvalue weighted by Crippen LogP contribution is 2.25. The third-order valence-electron chi connectivity index (χ3n) is 2.25. The van der Waals surface area contributed by atoms with Crippen LogP contribution in [-0.4, -0.2) is 18.8 Å². The molecule has 2 atom stereocenters. The molecule has 5 nitrogen and oxygen atoms in total. The van der Waals surface area contributed by atoms with Crippen LogP contribution < -0.4 is 16.2 Å². The molecule has 108 valence electrons. The second-order valence-electron chi connectivity index (χ2n) is 4.03. The topological polar surface area (TPSA) is 87.6 Å². The van der Waals surface area contributed by atoms with E-state index in [2.05, 4.69) is 4.74 Å². The number of primary amides is 1. The molecule has 19 heavy (non-hydrogen) atoms. The Kier molecular flexibility index (Phi) is 7.18. The molecular weight excluding hydrogens is 275 g/mol. The number of benzene rings is 1. The molecule has 0 aliphatic heterocycles. The molecule has 0 aliphatic rings. The molecule has 0 saturated carbocycles. The Morgan fingerprint density at radius 1 is 1.42 bits per heavy atom. The fourth-order valence-electron chi connectivity index (χ4n) is 1.43. The smallest absolute Gasteiger partial charge is 0.404 e. The van der Waals surface area contributed by atoms with Crippen LogP contribution in [0.5, 0.6) is 5.75 Å². The number of ether oxygens (including phenoxy) is 2. The van der Waals surface area contributed by atoms with Gasteiger partial charge in [0.25, 0.3) is 0 Å². The predicted molar refractivity (Wildman–Crippen MR) is 71.9 cm³/mol. The first-order chi connectivity index (χ1) is 8.40. The van der Waals surface area contributed by atoms with Crippen LogP contribution in [-0.2, 0) is 4.74 Å². The van der Waals surface area contributed by atoms with Crippen molar-refractivity contribution in [1.82, 2.24) is 0 Å². The first-order valence-corrected chi connectivity index (χ1v) is 5.54. The lowest BCUT2D eigenvalue weighted by atomic mass is 10.1. The Morgan fingerprint density at radius 3 is 2.58 bits per heavy atom. The number of hydrogen-bond acceptors (Lipinski definition) is 4. The van der Waals surface area contributed by atoms with Crippen molar-refractivity contribution in [3.8, 4) is 5.75 Å². The van der Waals surface area contributed by atoms with E-state index in [1.807, 2.05) is 0 Å². The normalized spacial score (nSPS) is 13.1. The van der Waals surface area contributed by atoms with Gasteiger partial charge in [0.1, 0.15) is 24.3 Å². The summed E-state index contributed by atoms with van der Waals surface area (Å²) in [5, 5.41) is 0. The van der Waals surface area contributed by atoms with Crippen molar-refractivity contribution >= 4 is 18.5 Å². The lowest BCUT2D eigenvalue weighted by Crippen LogP contribution is -2.25. The van der Waals surface area contributed by atoms with Crippen molar-refractivity contribution in [2.24, 2.45) is 11.5 Å². The minimum Gasteiger partial charge on any atom is -0.487 e. The molecule has 0 aromatic heterocycles. The number of halogens is 2. The minimum absolute atomic E-state index is 0. The van der Waals surface area contributed by atoms with E-state index in [-0.39, 0.29) is 30.9 Å². The summed E-state index contributed by atoms with van der Waals surface area (Å²) in [5.41, 5.74) is 11.1. The highest BCUT2D eigenvalue weighted by atomic mass is 35.5. The van der Waals surface area contributed by atoms with Gasteiger partial charge in [-0.2, -0.15) is 0 Å². The molecule has 0 fully saturated rings. The second kappa shape index (κ2) is 7.81. The van der Waals surface area contributed by atoms with E-state index in [0.29, 0.717) is 11.3 Å². The Labute approximate surface area is 117 Å². The number of rotatable bonds is 5. The zero-order valence-corrected chi connectivity index (χ0v) is 11.6. The summed E-state index contributed by atoms with van der Waals surface area (Å²) in [5.74, 6) is 0.0858. The van der Waals surface area contributed by atoms with Crippen LogP contribution in [0.3, 0.4) is 0 Å². The molecule has 0 bridgehead atoms. The molecule has 0 spiro atoms. The van der Waals surface area contributed by atoms with E-state index in [1.165, 1.54) is 18.2 Å². The molecule has 1 aromatic carbocycles. The lowest BCUT2D eigenvalue weighted by molar-refractivity contribution is 0.0956. The van der Waals surface area contributed by atoms with Gasteiger partial charge in [-0.15, -0.1) is 12.4 Å². The summed E-state index contributed by atoms with van der Waals surface area (Å²) in [6, 6.07) is 3.74. The SMILES string of the molecule is C[C@@H](COC(N)=O)Oc1ccc(F)cc1[C@@H](C)N.Cl. The standard InChI is InChI=1S/C12H17FN2O3.ClH/c1-7(6-17-12(15)16)18-11-4-3-9(13)5-10(11)8(2)14;/h3-5,7-8H,6,14H2,1-2H3,(H2,15,16);1H/t7-,8+;/m0./s1. The van der Waals surface area contributed by atoms with Gasteiger partial charge in [-0.1, -0.05) is 0 Å². The highest BCUT2D eigenvalue weighted by Gasteiger charge is 2.13. The van der Waals surface area contributed by atoms with Crippen LogP contribution in [0.15, 0.2) is 18.2 Å². The molecule has 0 unspecified atom stereocenters. The van der Waals surface area contributed by atoms with E-state index in [9.17, 15) is 9.18 Å². The molecule has 0 saturated heterocycles. The maximum atomic E-state index is 13.1. The van der Waals surface area contributed by atoms with Gasteiger partial charge in [-0.3, -0.25) is 0 Å². The van der Waals surface area contributed by atoms with Crippen LogP contribution >= 0.6 is 12.4 Å². The average Bonchev–Trinajstić information content (AvgIpc) is 2.28. The van der Waals surface area contributed by atoms with Gasteiger partial charge < -0.3 is 20.9 Å².